The van der Waals surface area contributed by atoms with Gasteiger partial charge in [-0.2, -0.15) is 0 Å². The number of hydrogen-bond donors (Lipinski definition) is 2. The number of aliphatic carboxylic acids is 1. The van der Waals surface area contributed by atoms with Crippen LogP contribution in [0.4, 0.5) is 0 Å². The Balaban J connectivity index is 0.000000340. The van der Waals surface area contributed by atoms with E-state index in [9.17, 15) is 24.3 Å². The maximum absolute atomic E-state index is 11.7. The summed E-state index contributed by atoms with van der Waals surface area (Å²) in [7, 11) is 0. The van der Waals surface area contributed by atoms with Gasteiger partial charge in [0.05, 0.1) is 43.4 Å². The molecule has 0 spiro atoms. The molecule has 0 aromatic heterocycles. The molecular formula is C30H48O10. The first-order valence-electron chi connectivity index (χ1n) is 14.3. The van der Waals surface area contributed by atoms with Gasteiger partial charge in [0, 0.05) is 12.2 Å². The zero-order chi connectivity index (χ0) is 30.2. The van der Waals surface area contributed by atoms with Crippen molar-refractivity contribution in [1.29, 1.82) is 0 Å². The monoisotopic (exact) mass is 568 g/mol. The van der Waals surface area contributed by atoms with Crippen LogP contribution in [-0.4, -0.2) is 71.7 Å². The van der Waals surface area contributed by atoms with Crippen molar-refractivity contribution < 1.29 is 48.3 Å². The van der Waals surface area contributed by atoms with Gasteiger partial charge >= 0.3 is 23.9 Å². The summed E-state index contributed by atoms with van der Waals surface area (Å²) >= 11 is 0. The lowest BCUT2D eigenvalue weighted by atomic mass is 9.85. The molecule has 10 nitrogen and oxygen atoms in total. The molecule has 3 rings (SSSR count). The van der Waals surface area contributed by atoms with Crippen molar-refractivity contribution in [1.82, 2.24) is 0 Å². The number of carboxylic acids is 1. The van der Waals surface area contributed by atoms with Gasteiger partial charge in [0.25, 0.3) is 0 Å². The number of esters is 3. The zero-order valence-corrected chi connectivity index (χ0v) is 24.4. The van der Waals surface area contributed by atoms with Crippen LogP contribution < -0.4 is 0 Å². The third kappa shape index (κ3) is 13.6. The second-order valence-corrected chi connectivity index (χ2v) is 10.7. The van der Waals surface area contributed by atoms with Crippen LogP contribution in [0.3, 0.4) is 0 Å². The molecular weight excluding hydrogens is 520 g/mol. The fourth-order valence-corrected chi connectivity index (χ4v) is 4.25. The van der Waals surface area contributed by atoms with Crippen molar-refractivity contribution in [2.75, 3.05) is 13.2 Å². The summed E-state index contributed by atoms with van der Waals surface area (Å²) in [4.78, 5) is 43.4. The van der Waals surface area contributed by atoms with E-state index < -0.39 is 24.1 Å². The summed E-state index contributed by atoms with van der Waals surface area (Å²) in [6.07, 6.45) is 8.75. The summed E-state index contributed by atoms with van der Waals surface area (Å²) in [5.41, 5.74) is 0. The number of epoxide rings is 1. The van der Waals surface area contributed by atoms with Crippen LogP contribution in [0.15, 0.2) is 25.3 Å². The molecule has 3 aliphatic rings. The predicted octanol–water partition coefficient (Wildman–Crippen LogP) is 4.23. The number of aliphatic hydroxyl groups is 1. The van der Waals surface area contributed by atoms with Crippen LogP contribution in [0, 0.1) is 23.7 Å². The molecule has 2 aliphatic carbocycles. The molecule has 10 heteroatoms. The second kappa shape index (κ2) is 18.6. The highest BCUT2D eigenvalue weighted by Gasteiger charge is 2.44. The third-order valence-electron chi connectivity index (χ3n) is 7.55. The SMILES string of the molecule is C=CC(=O)OCC1CCC(OC(=O)C(C)CC)C(O)C1.C=CC(=O)OCC1CCC2OC2C1.CCC(C)C(=O)O. The Morgan fingerprint density at radius 2 is 1.38 bits per heavy atom. The number of carboxylic acid groups (broad SMARTS) is 1. The Kier molecular flexibility index (Phi) is 16.4. The van der Waals surface area contributed by atoms with Gasteiger partial charge in [-0.3, -0.25) is 9.59 Å². The van der Waals surface area contributed by atoms with E-state index in [0.29, 0.717) is 37.6 Å². The van der Waals surface area contributed by atoms with Gasteiger partial charge in [-0.05, 0) is 63.2 Å². The van der Waals surface area contributed by atoms with Crippen LogP contribution in [0.25, 0.3) is 0 Å². The molecule has 8 unspecified atom stereocenters. The Morgan fingerprint density at radius 3 is 1.80 bits per heavy atom. The largest absolute Gasteiger partial charge is 0.481 e. The molecule has 0 aromatic carbocycles. The summed E-state index contributed by atoms with van der Waals surface area (Å²) in [5, 5.41) is 18.2. The molecule has 228 valence electrons. The summed E-state index contributed by atoms with van der Waals surface area (Å²) < 4.78 is 20.7. The van der Waals surface area contributed by atoms with Gasteiger partial charge in [-0.15, -0.1) is 0 Å². The van der Waals surface area contributed by atoms with Crippen LogP contribution in [-0.2, 0) is 38.1 Å². The number of rotatable bonds is 11. The van der Waals surface area contributed by atoms with Crippen molar-refractivity contribution in [3.8, 4) is 0 Å². The Morgan fingerprint density at radius 1 is 0.850 bits per heavy atom. The third-order valence-corrected chi connectivity index (χ3v) is 7.55. The maximum Gasteiger partial charge on any atom is 0.330 e. The van der Waals surface area contributed by atoms with Gasteiger partial charge in [-0.25, -0.2) is 9.59 Å². The molecule has 3 fully saturated rings. The highest BCUT2D eigenvalue weighted by atomic mass is 16.6. The molecule has 2 N–H and O–H groups in total. The average Bonchev–Trinajstić information content (AvgIpc) is 3.74. The Labute approximate surface area is 238 Å². The first-order valence-corrected chi connectivity index (χ1v) is 14.3. The van der Waals surface area contributed by atoms with Crippen LogP contribution in [0.1, 0.15) is 79.1 Å². The van der Waals surface area contributed by atoms with E-state index in [1.54, 1.807) is 6.92 Å². The average molecular weight is 569 g/mol. The van der Waals surface area contributed by atoms with Crippen molar-refractivity contribution in [3.63, 3.8) is 0 Å². The molecule has 0 aromatic rings. The summed E-state index contributed by atoms with van der Waals surface area (Å²) in [6.45, 7) is 14.8. The van der Waals surface area contributed by atoms with Gasteiger partial charge < -0.3 is 29.2 Å². The smallest absolute Gasteiger partial charge is 0.330 e. The predicted molar refractivity (Wildman–Crippen MR) is 148 cm³/mol. The first kappa shape index (κ1) is 35.3. The normalized spacial score (nSPS) is 27.8. The van der Waals surface area contributed by atoms with Gasteiger partial charge in [0.1, 0.15) is 6.10 Å². The minimum absolute atomic E-state index is 0.104. The summed E-state index contributed by atoms with van der Waals surface area (Å²) in [6, 6.07) is 0. The Hall–Kier alpha value is -2.72. The van der Waals surface area contributed by atoms with Crippen molar-refractivity contribution in [2.24, 2.45) is 23.7 Å². The molecule has 1 heterocycles. The fraction of sp³-hybridized carbons (Fsp3) is 0.733. The molecule has 1 saturated heterocycles. The molecule has 8 atom stereocenters. The molecule has 0 amide bonds. The van der Waals surface area contributed by atoms with Crippen LogP contribution in [0.5, 0.6) is 0 Å². The molecule has 0 bridgehead atoms. The minimum Gasteiger partial charge on any atom is -0.481 e. The highest BCUT2D eigenvalue weighted by Crippen LogP contribution is 2.39. The van der Waals surface area contributed by atoms with Crippen LogP contribution in [0.2, 0.25) is 0 Å². The van der Waals surface area contributed by atoms with E-state index in [-0.39, 0.29) is 36.3 Å². The molecule has 40 heavy (non-hydrogen) atoms. The van der Waals surface area contributed by atoms with Gasteiger partial charge in [-0.1, -0.05) is 40.9 Å². The Bertz CT molecular complexity index is 840. The number of ether oxygens (including phenoxy) is 4. The maximum atomic E-state index is 11.7. The van der Waals surface area contributed by atoms with E-state index in [1.165, 1.54) is 6.08 Å². The topological polar surface area (TPSA) is 149 Å². The van der Waals surface area contributed by atoms with Crippen LogP contribution >= 0.6 is 0 Å². The van der Waals surface area contributed by atoms with E-state index in [2.05, 4.69) is 13.2 Å². The van der Waals surface area contributed by atoms with Crippen molar-refractivity contribution >= 4 is 23.9 Å². The number of fused-ring (bicyclic) bond motifs is 1. The number of carbonyl (C=O) groups excluding carboxylic acids is 3. The van der Waals surface area contributed by atoms with Gasteiger partial charge in [0.2, 0.25) is 0 Å². The number of carbonyl (C=O) groups is 4. The zero-order valence-electron chi connectivity index (χ0n) is 24.4. The lowest BCUT2D eigenvalue weighted by Gasteiger charge is -2.32. The number of aliphatic hydroxyl groups excluding tert-OH is 1. The van der Waals surface area contributed by atoms with E-state index in [4.69, 9.17) is 24.1 Å². The lowest BCUT2D eigenvalue weighted by Crippen LogP contribution is -2.39. The second-order valence-electron chi connectivity index (χ2n) is 10.7. The molecule has 0 radical (unpaired) electrons. The first-order chi connectivity index (χ1) is 18.9. The van der Waals surface area contributed by atoms with E-state index in [1.807, 2.05) is 20.8 Å². The van der Waals surface area contributed by atoms with Crippen molar-refractivity contribution in [3.05, 3.63) is 25.3 Å². The quantitative estimate of drug-likeness (QED) is 0.160. The fourth-order valence-electron chi connectivity index (χ4n) is 4.25. The standard InChI is InChI=1S/C15H24O5.C10H14O3.C5H10O2/c1-4-10(3)15(18)20-13-7-6-11(8-12(13)16)9-19-14(17)5-2;1-2-10(11)12-6-7-3-4-8-9(5-7)13-8;1-3-4(2)5(6)7/h5,10-13,16H,2,4,6-9H2,1,3H3;2,7-9H,1,3-6H2;4H,3H2,1-2H3,(H,6,7). The van der Waals surface area contributed by atoms with Gasteiger partial charge in [0.15, 0.2) is 0 Å². The molecule has 1 aliphatic heterocycles. The minimum atomic E-state index is -0.706. The number of hydrogen-bond acceptors (Lipinski definition) is 9. The van der Waals surface area contributed by atoms with E-state index >= 15 is 0 Å². The summed E-state index contributed by atoms with van der Waals surface area (Å²) in [5.74, 6) is -1.46. The molecule has 2 saturated carbocycles. The van der Waals surface area contributed by atoms with E-state index in [0.717, 1.165) is 44.6 Å². The van der Waals surface area contributed by atoms with Crippen molar-refractivity contribution in [2.45, 2.75) is 103 Å². The highest BCUT2D eigenvalue weighted by molar-refractivity contribution is 5.81. The lowest BCUT2D eigenvalue weighted by molar-refractivity contribution is -0.164.